The molecule has 0 bridgehead atoms. The van der Waals surface area contributed by atoms with Crippen LogP contribution in [0.15, 0.2) is 17.2 Å². The molecule has 0 amide bonds. The van der Waals surface area contributed by atoms with Gasteiger partial charge in [-0.25, -0.2) is 13.1 Å². The van der Waals surface area contributed by atoms with Crippen molar-refractivity contribution in [2.45, 2.75) is 56.8 Å². The van der Waals surface area contributed by atoms with Gasteiger partial charge in [-0.15, -0.1) is 0 Å². The van der Waals surface area contributed by atoms with E-state index in [1.54, 1.807) is 19.4 Å². The molecular weight excluding hydrogens is 290 g/mol. The van der Waals surface area contributed by atoms with Crippen LogP contribution in [-0.2, 0) is 27.8 Å². The van der Waals surface area contributed by atoms with E-state index in [1.165, 1.54) is 12.8 Å². The maximum atomic E-state index is 12.3. The maximum Gasteiger partial charge on any atom is 0.242 e. The topological polar surface area (TPSA) is 72.4 Å². The van der Waals surface area contributed by atoms with Crippen LogP contribution in [0.1, 0.15) is 32.4 Å². The van der Waals surface area contributed by atoms with Gasteiger partial charge < -0.3 is 14.6 Å². The van der Waals surface area contributed by atoms with Crippen molar-refractivity contribution >= 4 is 10.0 Å². The fraction of sp³-hybridized carbons (Fsp3) is 0.714. The fourth-order valence-electron chi connectivity index (χ4n) is 2.04. The summed E-state index contributed by atoms with van der Waals surface area (Å²) in [4.78, 5) is 0.320. The Morgan fingerprint density at radius 1 is 1.48 bits per heavy atom. The molecular formula is C14H25N3O3S. The summed E-state index contributed by atoms with van der Waals surface area (Å²) in [7, 11) is -1.92. The molecule has 0 aromatic carbocycles. The second-order valence-electron chi connectivity index (χ2n) is 5.51. The van der Waals surface area contributed by atoms with Gasteiger partial charge in [0.1, 0.15) is 0 Å². The third-order valence-electron chi connectivity index (χ3n) is 3.72. The molecule has 6 nitrogen and oxygen atoms in total. The third kappa shape index (κ3) is 4.54. The molecule has 1 unspecified atom stereocenters. The lowest BCUT2D eigenvalue weighted by Gasteiger charge is -2.10. The van der Waals surface area contributed by atoms with Crippen molar-refractivity contribution in [1.29, 1.82) is 0 Å². The number of nitrogens with zero attached hydrogens (tertiary/aromatic N) is 1. The molecule has 1 fully saturated rings. The van der Waals surface area contributed by atoms with Gasteiger partial charge in [-0.2, -0.15) is 0 Å². The van der Waals surface area contributed by atoms with Crippen LogP contribution in [-0.4, -0.2) is 38.8 Å². The predicted octanol–water partition coefficient (Wildman–Crippen LogP) is 1.07. The Morgan fingerprint density at radius 3 is 2.76 bits per heavy atom. The number of hydrogen-bond donors (Lipinski definition) is 2. The molecule has 0 spiro atoms. The Kier molecular flexibility index (Phi) is 5.43. The van der Waals surface area contributed by atoms with Gasteiger partial charge in [-0.05, 0) is 32.8 Å². The normalized spacial score (nSPS) is 17.1. The van der Waals surface area contributed by atoms with Crippen molar-refractivity contribution in [1.82, 2.24) is 14.6 Å². The van der Waals surface area contributed by atoms with Crippen LogP contribution in [0.5, 0.6) is 0 Å². The van der Waals surface area contributed by atoms with Gasteiger partial charge in [0.25, 0.3) is 0 Å². The molecule has 1 aromatic rings. The minimum Gasteiger partial charge on any atom is -0.380 e. The van der Waals surface area contributed by atoms with Crippen LogP contribution in [0.25, 0.3) is 0 Å². The average Bonchev–Trinajstić information content (AvgIpc) is 3.20. The minimum absolute atomic E-state index is 0.149. The van der Waals surface area contributed by atoms with Gasteiger partial charge in [0.05, 0.1) is 11.0 Å². The predicted molar refractivity (Wildman–Crippen MR) is 81.6 cm³/mol. The van der Waals surface area contributed by atoms with Crippen LogP contribution in [0.4, 0.5) is 0 Å². The standard InChI is InChI=1S/C14H25N3O3S/c1-4-17-10-14(7-13(17)9-15-12-5-6-12)21(18,19)16-8-11(2)20-3/h7,10-12,15-16H,4-6,8-9H2,1-3H3. The van der Waals surface area contributed by atoms with Crippen molar-refractivity contribution in [2.75, 3.05) is 13.7 Å². The quantitative estimate of drug-likeness (QED) is 0.715. The molecule has 1 aromatic heterocycles. The molecule has 0 radical (unpaired) electrons. The summed E-state index contributed by atoms with van der Waals surface area (Å²) in [5.74, 6) is 0. The van der Waals surface area contributed by atoms with Crippen LogP contribution in [0.2, 0.25) is 0 Å². The molecule has 1 heterocycles. The minimum atomic E-state index is -3.48. The Labute approximate surface area is 126 Å². The van der Waals surface area contributed by atoms with Crippen molar-refractivity contribution in [3.63, 3.8) is 0 Å². The molecule has 1 atom stereocenters. The first-order chi connectivity index (χ1) is 9.96. The molecule has 21 heavy (non-hydrogen) atoms. The molecule has 120 valence electrons. The van der Waals surface area contributed by atoms with Crippen molar-refractivity contribution in [3.8, 4) is 0 Å². The van der Waals surface area contributed by atoms with Crippen LogP contribution >= 0.6 is 0 Å². The summed E-state index contributed by atoms with van der Waals surface area (Å²) < 4.78 is 34.2. The summed E-state index contributed by atoms with van der Waals surface area (Å²) in [6.45, 7) is 5.57. The lowest BCUT2D eigenvalue weighted by atomic mass is 10.4. The highest BCUT2D eigenvalue weighted by atomic mass is 32.2. The maximum absolute atomic E-state index is 12.3. The van der Waals surface area contributed by atoms with E-state index >= 15 is 0 Å². The zero-order valence-corrected chi connectivity index (χ0v) is 13.7. The Bertz CT molecular complexity index is 564. The number of ether oxygens (including phenoxy) is 1. The van der Waals surface area contributed by atoms with Gasteiger partial charge in [0.2, 0.25) is 10.0 Å². The molecule has 2 rings (SSSR count). The number of rotatable bonds is 9. The lowest BCUT2D eigenvalue weighted by molar-refractivity contribution is 0.122. The van der Waals surface area contributed by atoms with Crippen LogP contribution in [0, 0.1) is 0 Å². The van der Waals surface area contributed by atoms with Gasteiger partial charge in [-0.1, -0.05) is 0 Å². The second-order valence-corrected chi connectivity index (χ2v) is 7.27. The van der Waals surface area contributed by atoms with E-state index < -0.39 is 10.0 Å². The largest absolute Gasteiger partial charge is 0.380 e. The highest BCUT2D eigenvalue weighted by Crippen LogP contribution is 2.20. The van der Waals surface area contributed by atoms with E-state index in [2.05, 4.69) is 10.0 Å². The smallest absolute Gasteiger partial charge is 0.242 e. The fourth-order valence-corrected chi connectivity index (χ4v) is 3.22. The van der Waals surface area contributed by atoms with E-state index in [0.717, 1.165) is 12.2 Å². The summed E-state index contributed by atoms with van der Waals surface area (Å²) >= 11 is 0. The number of aryl methyl sites for hydroxylation is 1. The first-order valence-electron chi connectivity index (χ1n) is 7.41. The molecule has 0 aliphatic heterocycles. The molecule has 1 aliphatic rings. The van der Waals surface area contributed by atoms with E-state index in [0.29, 0.717) is 17.5 Å². The first-order valence-corrected chi connectivity index (χ1v) is 8.89. The number of hydrogen-bond acceptors (Lipinski definition) is 4. The molecule has 1 saturated carbocycles. The third-order valence-corrected chi connectivity index (χ3v) is 5.11. The molecule has 2 N–H and O–H groups in total. The summed E-state index contributed by atoms with van der Waals surface area (Å²) in [6, 6.07) is 2.35. The molecule has 7 heteroatoms. The van der Waals surface area contributed by atoms with E-state index in [1.807, 2.05) is 18.4 Å². The highest BCUT2D eigenvalue weighted by Gasteiger charge is 2.22. The number of aromatic nitrogens is 1. The molecule has 1 aliphatic carbocycles. The van der Waals surface area contributed by atoms with Crippen LogP contribution in [0.3, 0.4) is 0 Å². The highest BCUT2D eigenvalue weighted by molar-refractivity contribution is 7.89. The lowest BCUT2D eigenvalue weighted by Crippen LogP contribution is -2.31. The Hall–Kier alpha value is -0.890. The second kappa shape index (κ2) is 6.91. The zero-order valence-electron chi connectivity index (χ0n) is 12.9. The van der Waals surface area contributed by atoms with Crippen LogP contribution < -0.4 is 10.0 Å². The van der Waals surface area contributed by atoms with Gasteiger partial charge in [0, 0.05) is 44.7 Å². The summed E-state index contributed by atoms with van der Waals surface area (Å²) in [6.07, 6.45) is 3.98. The van der Waals surface area contributed by atoms with Gasteiger partial charge in [0.15, 0.2) is 0 Å². The summed E-state index contributed by atoms with van der Waals surface area (Å²) in [5, 5.41) is 3.42. The van der Waals surface area contributed by atoms with Crippen molar-refractivity contribution in [2.24, 2.45) is 0 Å². The van der Waals surface area contributed by atoms with E-state index in [4.69, 9.17) is 4.74 Å². The van der Waals surface area contributed by atoms with Gasteiger partial charge in [-0.3, -0.25) is 0 Å². The first kappa shape index (κ1) is 16.5. The van der Waals surface area contributed by atoms with E-state index in [-0.39, 0.29) is 12.6 Å². The van der Waals surface area contributed by atoms with Crippen molar-refractivity contribution in [3.05, 3.63) is 18.0 Å². The average molecular weight is 315 g/mol. The van der Waals surface area contributed by atoms with E-state index in [9.17, 15) is 8.42 Å². The zero-order chi connectivity index (χ0) is 15.5. The Balaban J connectivity index is 2.06. The SMILES string of the molecule is CCn1cc(S(=O)(=O)NCC(C)OC)cc1CNC1CC1. The number of sulfonamides is 1. The molecule has 0 saturated heterocycles. The Morgan fingerprint density at radius 2 is 2.19 bits per heavy atom. The number of nitrogens with one attached hydrogen (secondary N) is 2. The number of methoxy groups -OCH3 is 1. The summed E-state index contributed by atoms with van der Waals surface area (Å²) in [5.41, 5.74) is 1.00. The van der Waals surface area contributed by atoms with Crippen molar-refractivity contribution < 1.29 is 13.2 Å². The van der Waals surface area contributed by atoms with Gasteiger partial charge >= 0.3 is 0 Å². The monoisotopic (exact) mass is 315 g/mol.